The molecule has 1 heterocycles. The monoisotopic (exact) mass is 516 g/mol. The summed E-state index contributed by atoms with van der Waals surface area (Å²) in [7, 11) is 0. The summed E-state index contributed by atoms with van der Waals surface area (Å²) in [4.78, 5) is 28.8. The zero-order valence-corrected chi connectivity index (χ0v) is 22.1. The molecule has 0 atom stereocenters. The van der Waals surface area contributed by atoms with Gasteiger partial charge in [0.15, 0.2) is 0 Å². The van der Waals surface area contributed by atoms with E-state index in [-0.39, 0.29) is 27.8 Å². The van der Waals surface area contributed by atoms with E-state index in [2.05, 4.69) is 41.3 Å². The summed E-state index contributed by atoms with van der Waals surface area (Å²) in [5, 5.41) is 16.4. The molecule has 0 aliphatic heterocycles. The average molecular weight is 517 g/mol. The maximum atomic E-state index is 13.6. The Kier molecular flexibility index (Phi) is 10.0. The van der Waals surface area contributed by atoms with Crippen molar-refractivity contribution in [3.8, 4) is 5.75 Å². The first-order valence-corrected chi connectivity index (χ1v) is 13.2. The SMILES string of the molecule is CC(C)(C)CNC(=O)CCN(CCNCCc1ccc(O)c2[nH]c(=O)sc12)CCc1cccc(F)c1. The Balaban J connectivity index is 1.49. The predicted molar refractivity (Wildman–Crippen MR) is 144 cm³/mol. The van der Waals surface area contributed by atoms with E-state index in [0.717, 1.165) is 59.8 Å². The van der Waals surface area contributed by atoms with Crippen LogP contribution in [0.2, 0.25) is 0 Å². The largest absolute Gasteiger partial charge is 0.506 e. The van der Waals surface area contributed by atoms with Gasteiger partial charge >= 0.3 is 4.87 Å². The summed E-state index contributed by atoms with van der Waals surface area (Å²) in [6.45, 7) is 10.5. The summed E-state index contributed by atoms with van der Waals surface area (Å²) < 4.78 is 14.4. The van der Waals surface area contributed by atoms with E-state index in [1.165, 1.54) is 6.07 Å². The van der Waals surface area contributed by atoms with Crippen LogP contribution in [0.5, 0.6) is 5.75 Å². The zero-order chi connectivity index (χ0) is 26.1. The van der Waals surface area contributed by atoms with Crippen LogP contribution in [0.25, 0.3) is 10.2 Å². The van der Waals surface area contributed by atoms with Gasteiger partial charge in [0.05, 0.1) is 4.70 Å². The molecule has 36 heavy (non-hydrogen) atoms. The smallest absolute Gasteiger partial charge is 0.305 e. The van der Waals surface area contributed by atoms with Crippen molar-refractivity contribution in [2.75, 3.05) is 39.3 Å². The minimum absolute atomic E-state index is 0.0375. The second-order valence-electron chi connectivity index (χ2n) is 10.3. The number of aromatic amines is 1. The number of aromatic nitrogens is 1. The number of fused-ring (bicyclic) bond motifs is 1. The lowest BCUT2D eigenvalue weighted by Crippen LogP contribution is -2.38. The highest BCUT2D eigenvalue weighted by Crippen LogP contribution is 2.27. The molecule has 3 aromatic rings. The third kappa shape index (κ3) is 9.04. The summed E-state index contributed by atoms with van der Waals surface area (Å²) in [5.41, 5.74) is 2.48. The van der Waals surface area contributed by atoms with Crippen LogP contribution in [0, 0.1) is 11.2 Å². The Morgan fingerprint density at radius 2 is 1.92 bits per heavy atom. The Hall–Kier alpha value is -2.75. The van der Waals surface area contributed by atoms with Gasteiger partial charge in [-0.2, -0.15) is 0 Å². The highest BCUT2D eigenvalue weighted by atomic mass is 32.1. The van der Waals surface area contributed by atoms with Crippen LogP contribution in [0.15, 0.2) is 41.2 Å². The van der Waals surface area contributed by atoms with Gasteiger partial charge in [0.1, 0.15) is 17.1 Å². The Labute approximate surface area is 215 Å². The van der Waals surface area contributed by atoms with Crippen LogP contribution >= 0.6 is 11.3 Å². The molecule has 7 nitrogen and oxygen atoms in total. The molecule has 0 fully saturated rings. The molecule has 9 heteroatoms. The van der Waals surface area contributed by atoms with E-state index in [9.17, 15) is 19.1 Å². The fourth-order valence-electron chi connectivity index (χ4n) is 3.88. The van der Waals surface area contributed by atoms with Crippen molar-refractivity contribution in [3.63, 3.8) is 0 Å². The normalized spacial score (nSPS) is 11.9. The van der Waals surface area contributed by atoms with Gasteiger partial charge in [0.2, 0.25) is 5.91 Å². The molecule has 1 aromatic heterocycles. The first kappa shape index (κ1) is 27.8. The molecular formula is C27H37FN4O3S. The van der Waals surface area contributed by atoms with Crippen LogP contribution in [-0.2, 0) is 17.6 Å². The number of phenols is 1. The van der Waals surface area contributed by atoms with Crippen LogP contribution in [0.4, 0.5) is 4.39 Å². The molecule has 0 unspecified atom stereocenters. The molecule has 196 valence electrons. The quantitative estimate of drug-likeness (QED) is 0.260. The van der Waals surface area contributed by atoms with Gasteiger partial charge in [0, 0.05) is 39.1 Å². The molecule has 0 aliphatic rings. The summed E-state index contributed by atoms with van der Waals surface area (Å²) in [5.74, 6) is -0.117. The number of carbonyl (C=O) groups excluding carboxylic acids is 1. The second kappa shape index (κ2) is 13.0. The second-order valence-corrected chi connectivity index (χ2v) is 11.3. The fourth-order valence-corrected chi connectivity index (χ4v) is 4.78. The van der Waals surface area contributed by atoms with E-state index in [1.807, 2.05) is 12.1 Å². The van der Waals surface area contributed by atoms with E-state index >= 15 is 0 Å². The number of aromatic hydroxyl groups is 1. The van der Waals surface area contributed by atoms with Gasteiger partial charge < -0.3 is 25.6 Å². The maximum absolute atomic E-state index is 13.6. The zero-order valence-electron chi connectivity index (χ0n) is 21.3. The third-order valence-electron chi connectivity index (χ3n) is 5.89. The first-order chi connectivity index (χ1) is 17.1. The molecule has 0 saturated carbocycles. The van der Waals surface area contributed by atoms with Gasteiger partial charge in [0.25, 0.3) is 0 Å². The number of hydrogen-bond acceptors (Lipinski definition) is 6. The number of phenolic OH excluding ortho intramolecular Hbond substituents is 1. The lowest BCUT2D eigenvalue weighted by molar-refractivity contribution is -0.121. The highest BCUT2D eigenvalue weighted by Gasteiger charge is 2.14. The van der Waals surface area contributed by atoms with E-state index in [1.54, 1.807) is 18.2 Å². The molecule has 0 saturated heterocycles. The number of rotatable bonds is 13. The third-order valence-corrected chi connectivity index (χ3v) is 6.85. The minimum Gasteiger partial charge on any atom is -0.506 e. The number of nitrogens with zero attached hydrogens (tertiary/aromatic N) is 1. The molecule has 4 N–H and O–H groups in total. The Morgan fingerprint density at radius 1 is 1.11 bits per heavy atom. The van der Waals surface area contributed by atoms with Crippen molar-refractivity contribution in [2.24, 2.45) is 5.41 Å². The number of hydrogen-bond donors (Lipinski definition) is 4. The number of halogens is 1. The van der Waals surface area contributed by atoms with Crippen LogP contribution in [0.1, 0.15) is 38.3 Å². The number of amides is 1. The molecule has 2 aromatic carbocycles. The van der Waals surface area contributed by atoms with Crippen LogP contribution in [0.3, 0.4) is 0 Å². The van der Waals surface area contributed by atoms with Gasteiger partial charge in [-0.15, -0.1) is 0 Å². The van der Waals surface area contributed by atoms with Crippen molar-refractivity contribution < 1.29 is 14.3 Å². The Morgan fingerprint density at radius 3 is 2.67 bits per heavy atom. The number of thiazole rings is 1. The van der Waals surface area contributed by atoms with Crippen molar-refractivity contribution in [1.82, 2.24) is 20.5 Å². The highest BCUT2D eigenvalue weighted by molar-refractivity contribution is 7.16. The molecule has 0 spiro atoms. The molecular weight excluding hydrogens is 479 g/mol. The molecule has 0 bridgehead atoms. The topological polar surface area (TPSA) is 97.5 Å². The molecule has 1 amide bonds. The standard InChI is InChI=1S/C27H37FN4O3S/c1-27(2,3)18-30-23(34)11-15-32(14-10-19-5-4-6-21(28)17-19)16-13-29-12-9-20-7-8-22(33)24-25(20)36-26(35)31-24/h4-8,17,29,33H,9-16,18H2,1-3H3,(H,30,34)(H,31,35). The number of nitrogens with one attached hydrogen (secondary N) is 3. The van der Waals surface area contributed by atoms with Gasteiger partial charge in [-0.05, 0) is 54.1 Å². The average Bonchev–Trinajstić information content (AvgIpc) is 3.22. The van der Waals surface area contributed by atoms with E-state index in [4.69, 9.17) is 0 Å². The van der Waals surface area contributed by atoms with Gasteiger partial charge in [-0.25, -0.2) is 4.39 Å². The lowest BCUT2D eigenvalue weighted by Gasteiger charge is -2.23. The minimum atomic E-state index is -0.238. The van der Waals surface area contributed by atoms with Crippen molar-refractivity contribution in [3.05, 3.63) is 63.0 Å². The number of benzene rings is 2. The maximum Gasteiger partial charge on any atom is 0.305 e. The molecule has 0 radical (unpaired) electrons. The van der Waals surface area contributed by atoms with Gasteiger partial charge in [-0.3, -0.25) is 9.59 Å². The summed E-state index contributed by atoms with van der Waals surface area (Å²) >= 11 is 1.11. The van der Waals surface area contributed by atoms with Crippen molar-refractivity contribution >= 4 is 27.5 Å². The Bertz CT molecular complexity index is 1200. The van der Waals surface area contributed by atoms with Crippen molar-refractivity contribution in [2.45, 2.75) is 40.0 Å². The summed E-state index contributed by atoms with van der Waals surface area (Å²) in [6.07, 6.45) is 1.85. The fraction of sp³-hybridized carbons (Fsp3) is 0.481. The number of H-pyrrole nitrogens is 1. The molecule has 0 aliphatic carbocycles. The summed E-state index contributed by atoms with van der Waals surface area (Å²) in [6, 6.07) is 10.1. The first-order valence-electron chi connectivity index (χ1n) is 12.4. The van der Waals surface area contributed by atoms with E-state index < -0.39 is 0 Å². The van der Waals surface area contributed by atoms with Gasteiger partial charge in [-0.1, -0.05) is 50.3 Å². The predicted octanol–water partition coefficient (Wildman–Crippen LogP) is 3.66. The number of carbonyl (C=O) groups is 1. The molecule has 3 rings (SSSR count). The van der Waals surface area contributed by atoms with Crippen molar-refractivity contribution in [1.29, 1.82) is 0 Å². The van der Waals surface area contributed by atoms with Crippen LogP contribution < -0.4 is 15.5 Å². The lowest BCUT2D eigenvalue weighted by atomic mass is 9.97. The van der Waals surface area contributed by atoms with E-state index in [0.29, 0.717) is 31.4 Å². The van der Waals surface area contributed by atoms with Crippen LogP contribution in [-0.4, -0.2) is 60.2 Å².